The fourth-order valence-electron chi connectivity index (χ4n) is 5.76. The molecule has 2 aliphatic rings. The van der Waals surface area contributed by atoms with Crippen LogP contribution in [0.25, 0.3) is 0 Å². The molecule has 1 fully saturated rings. The van der Waals surface area contributed by atoms with Crippen LogP contribution in [0.15, 0.2) is 65.7 Å². The molecule has 0 radical (unpaired) electrons. The van der Waals surface area contributed by atoms with Crippen LogP contribution >= 0.6 is 0 Å². The summed E-state index contributed by atoms with van der Waals surface area (Å²) in [5, 5.41) is 0. The topological polar surface area (TPSA) is 77.4 Å². The number of para-hydroxylation sites is 2. The number of halogens is 3. The standard InChI is InChI=1S/C31H29F3N2O5/c1-17-9-11-18(12-10-17)19-13-22-27(24(37)14-19)28(20-15-25(39-2)29(41-4)26(16-20)40-3)36(30(38)31(32,33)34)23-8-6-5-7-21(23)35-22/h5-12,15-16,19,27-28H,13-14H2,1-4H3. The molecule has 1 amide bonds. The summed E-state index contributed by atoms with van der Waals surface area (Å²) in [4.78, 5) is 32.6. The molecule has 0 bridgehead atoms. The van der Waals surface area contributed by atoms with Gasteiger partial charge in [0.25, 0.3) is 0 Å². The van der Waals surface area contributed by atoms with Crippen LogP contribution in [0.4, 0.5) is 24.5 Å². The molecular formula is C31H29F3N2O5. The van der Waals surface area contributed by atoms with Crippen molar-refractivity contribution in [1.82, 2.24) is 0 Å². The van der Waals surface area contributed by atoms with Gasteiger partial charge < -0.3 is 14.2 Å². The second-order valence-corrected chi connectivity index (χ2v) is 10.1. The van der Waals surface area contributed by atoms with E-state index in [1.165, 1.54) is 45.6 Å². The van der Waals surface area contributed by atoms with E-state index in [0.717, 1.165) is 11.1 Å². The van der Waals surface area contributed by atoms with Gasteiger partial charge in [-0.15, -0.1) is 0 Å². The molecule has 0 spiro atoms. The molecule has 3 unspecified atom stereocenters. The quantitative estimate of drug-likeness (QED) is 0.352. The summed E-state index contributed by atoms with van der Waals surface area (Å²) >= 11 is 0. The van der Waals surface area contributed by atoms with E-state index in [2.05, 4.69) is 0 Å². The lowest BCUT2D eigenvalue weighted by molar-refractivity contribution is -0.171. The summed E-state index contributed by atoms with van der Waals surface area (Å²) in [5.41, 5.74) is 2.77. The first-order chi connectivity index (χ1) is 19.6. The van der Waals surface area contributed by atoms with E-state index in [1.54, 1.807) is 12.1 Å². The van der Waals surface area contributed by atoms with Gasteiger partial charge in [0.15, 0.2) is 11.5 Å². The summed E-state index contributed by atoms with van der Waals surface area (Å²) in [6.45, 7) is 1.96. The summed E-state index contributed by atoms with van der Waals surface area (Å²) in [6, 6.07) is 15.5. The number of hydrogen-bond donors (Lipinski definition) is 0. The number of carbonyl (C=O) groups is 2. The van der Waals surface area contributed by atoms with E-state index in [-0.39, 0.29) is 52.3 Å². The number of ether oxygens (including phenoxy) is 3. The highest BCUT2D eigenvalue weighted by atomic mass is 19.4. The number of aryl methyl sites for hydroxylation is 1. The highest BCUT2D eigenvalue weighted by Crippen LogP contribution is 2.50. The zero-order chi connectivity index (χ0) is 29.5. The Morgan fingerprint density at radius 2 is 1.54 bits per heavy atom. The fraction of sp³-hybridized carbons (Fsp3) is 0.323. The molecule has 1 aliphatic heterocycles. The largest absolute Gasteiger partial charge is 0.493 e. The van der Waals surface area contributed by atoms with Crippen LogP contribution in [0.3, 0.4) is 0 Å². The van der Waals surface area contributed by atoms with E-state index in [0.29, 0.717) is 17.0 Å². The van der Waals surface area contributed by atoms with Crippen molar-refractivity contribution in [2.24, 2.45) is 10.9 Å². The van der Waals surface area contributed by atoms with Gasteiger partial charge in [0.1, 0.15) is 5.78 Å². The Labute approximate surface area is 235 Å². The molecule has 5 rings (SSSR count). The van der Waals surface area contributed by atoms with Crippen molar-refractivity contribution in [3.63, 3.8) is 0 Å². The first-order valence-corrected chi connectivity index (χ1v) is 13.0. The molecule has 0 saturated heterocycles. The Kier molecular flexibility index (Phi) is 7.50. The predicted octanol–water partition coefficient (Wildman–Crippen LogP) is 6.51. The Morgan fingerprint density at radius 3 is 2.12 bits per heavy atom. The normalized spacial score (nSPS) is 20.4. The maximum absolute atomic E-state index is 14.2. The number of Topliss-reactive ketones (excluding diaryl/α,β-unsaturated/α-hetero) is 1. The van der Waals surface area contributed by atoms with Gasteiger partial charge in [-0.05, 0) is 54.7 Å². The Bertz CT molecular complexity index is 1490. The third-order valence-corrected chi connectivity index (χ3v) is 7.65. The molecule has 3 atom stereocenters. The van der Waals surface area contributed by atoms with E-state index in [4.69, 9.17) is 19.2 Å². The molecule has 1 saturated carbocycles. The number of alkyl halides is 3. The molecule has 41 heavy (non-hydrogen) atoms. The second-order valence-electron chi connectivity index (χ2n) is 10.1. The molecule has 3 aromatic carbocycles. The summed E-state index contributed by atoms with van der Waals surface area (Å²) in [5.74, 6) is -3.18. The number of rotatable bonds is 5. The van der Waals surface area contributed by atoms with Crippen molar-refractivity contribution >= 4 is 28.8 Å². The number of methoxy groups -OCH3 is 3. The Balaban J connectivity index is 1.75. The first-order valence-electron chi connectivity index (χ1n) is 13.0. The molecule has 1 aliphatic carbocycles. The van der Waals surface area contributed by atoms with Crippen LogP contribution in [-0.4, -0.2) is 44.9 Å². The number of nitrogens with zero attached hydrogens (tertiary/aromatic N) is 2. The molecular weight excluding hydrogens is 537 g/mol. The van der Waals surface area contributed by atoms with Crippen LogP contribution < -0.4 is 19.1 Å². The number of aliphatic imine (C=N–C) groups is 1. The highest BCUT2D eigenvalue weighted by molar-refractivity contribution is 6.13. The smallest absolute Gasteiger partial charge is 0.471 e. The SMILES string of the molecule is COc1cc(C2C3C(=O)CC(c4ccc(C)cc4)CC3=Nc3ccccc3N2C(=O)C(F)(F)F)cc(OC)c1OC. The summed E-state index contributed by atoms with van der Waals surface area (Å²) in [6.07, 6.45) is -4.81. The number of amides is 1. The number of anilines is 1. The minimum absolute atomic E-state index is 0.0461. The van der Waals surface area contributed by atoms with Crippen molar-refractivity contribution in [3.8, 4) is 17.2 Å². The zero-order valence-corrected chi connectivity index (χ0v) is 23.0. The van der Waals surface area contributed by atoms with Crippen molar-refractivity contribution in [2.45, 2.75) is 37.9 Å². The first kappa shape index (κ1) is 28.2. The molecule has 0 aromatic heterocycles. The maximum atomic E-state index is 14.2. The van der Waals surface area contributed by atoms with Crippen molar-refractivity contribution < 1.29 is 37.0 Å². The average molecular weight is 567 g/mol. The third-order valence-electron chi connectivity index (χ3n) is 7.65. The lowest BCUT2D eigenvalue weighted by atomic mass is 9.72. The van der Waals surface area contributed by atoms with Crippen LogP contribution in [-0.2, 0) is 9.59 Å². The Morgan fingerprint density at radius 1 is 0.902 bits per heavy atom. The second kappa shape index (κ2) is 10.9. The summed E-state index contributed by atoms with van der Waals surface area (Å²) < 4.78 is 59.0. The van der Waals surface area contributed by atoms with Crippen molar-refractivity contribution in [3.05, 3.63) is 77.4 Å². The van der Waals surface area contributed by atoms with Crippen LogP contribution in [0, 0.1) is 12.8 Å². The van der Waals surface area contributed by atoms with Crippen LogP contribution in [0.2, 0.25) is 0 Å². The van der Waals surface area contributed by atoms with E-state index >= 15 is 0 Å². The fourth-order valence-corrected chi connectivity index (χ4v) is 5.76. The van der Waals surface area contributed by atoms with Gasteiger partial charge in [-0.25, -0.2) is 0 Å². The molecule has 3 aromatic rings. The highest BCUT2D eigenvalue weighted by Gasteiger charge is 2.52. The number of fused-ring (bicyclic) bond motifs is 2. The maximum Gasteiger partial charge on any atom is 0.471 e. The monoisotopic (exact) mass is 566 g/mol. The third kappa shape index (κ3) is 5.14. The van der Waals surface area contributed by atoms with E-state index in [9.17, 15) is 22.8 Å². The van der Waals surface area contributed by atoms with Gasteiger partial charge in [-0.2, -0.15) is 13.2 Å². The minimum atomic E-state index is -5.22. The van der Waals surface area contributed by atoms with Crippen LogP contribution in [0.5, 0.6) is 17.2 Å². The Hall–Kier alpha value is -4.34. The molecule has 1 heterocycles. The van der Waals surface area contributed by atoms with E-state index in [1.807, 2.05) is 31.2 Å². The van der Waals surface area contributed by atoms with Gasteiger partial charge in [0.05, 0.1) is 44.7 Å². The molecule has 0 N–H and O–H groups in total. The predicted molar refractivity (Wildman–Crippen MR) is 148 cm³/mol. The number of hydrogen-bond acceptors (Lipinski definition) is 6. The van der Waals surface area contributed by atoms with Crippen LogP contribution in [0.1, 0.15) is 41.5 Å². The zero-order valence-electron chi connectivity index (χ0n) is 23.0. The van der Waals surface area contributed by atoms with Crippen molar-refractivity contribution in [1.29, 1.82) is 0 Å². The van der Waals surface area contributed by atoms with Gasteiger partial charge >= 0.3 is 12.1 Å². The number of carbonyl (C=O) groups excluding carboxylic acids is 2. The number of ketones is 1. The van der Waals surface area contributed by atoms with E-state index < -0.39 is 24.0 Å². The van der Waals surface area contributed by atoms with Crippen molar-refractivity contribution in [2.75, 3.05) is 26.2 Å². The summed E-state index contributed by atoms with van der Waals surface area (Å²) in [7, 11) is 4.17. The lowest BCUT2D eigenvalue weighted by Gasteiger charge is -2.39. The number of benzene rings is 3. The lowest BCUT2D eigenvalue weighted by Crippen LogP contribution is -2.49. The minimum Gasteiger partial charge on any atom is -0.493 e. The molecule has 7 nitrogen and oxygen atoms in total. The van der Waals surface area contributed by atoms with Gasteiger partial charge in [-0.3, -0.25) is 19.5 Å². The van der Waals surface area contributed by atoms with Gasteiger partial charge in [-0.1, -0.05) is 42.0 Å². The average Bonchev–Trinajstić information content (AvgIpc) is 3.10. The van der Waals surface area contributed by atoms with Gasteiger partial charge in [0.2, 0.25) is 5.75 Å². The molecule has 10 heteroatoms. The molecule has 214 valence electrons. The van der Waals surface area contributed by atoms with Gasteiger partial charge in [0, 0.05) is 12.1 Å².